The summed E-state index contributed by atoms with van der Waals surface area (Å²) < 4.78 is 0. The van der Waals surface area contributed by atoms with Gasteiger partial charge in [0.25, 0.3) is 0 Å². The molecule has 8 heteroatoms. The fourth-order valence-electron chi connectivity index (χ4n) is 1.46. The van der Waals surface area contributed by atoms with Gasteiger partial charge in [0.15, 0.2) is 5.82 Å². The van der Waals surface area contributed by atoms with Gasteiger partial charge in [-0.15, -0.1) is 5.10 Å². The Morgan fingerprint density at radius 1 is 1.40 bits per heavy atom. The molecule has 2 rings (SSSR count). The molecule has 3 N–H and O–H groups in total. The minimum atomic E-state index is -1.10. The third kappa shape index (κ3) is 3.15. The van der Waals surface area contributed by atoms with Crippen LogP contribution in [-0.4, -0.2) is 42.9 Å². The number of aromatic amines is 1. The van der Waals surface area contributed by atoms with Crippen LogP contribution in [0.1, 0.15) is 17.3 Å². The SMILES string of the molecule is CC(=O)CSc1n[nH]c(-c2cc(C(=O)O)ccc2O)n1. The first-order chi connectivity index (χ1) is 9.47. The Morgan fingerprint density at radius 3 is 2.80 bits per heavy atom. The normalized spacial score (nSPS) is 10.4. The zero-order chi connectivity index (χ0) is 14.7. The smallest absolute Gasteiger partial charge is 0.335 e. The van der Waals surface area contributed by atoms with Crippen LogP contribution >= 0.6 is 11.8 Å². The molecular formula is C12H11N3O4S. The second kappa shape index (κ2) is 5.74. The van der Waals surface area contributed by atoms with E-state index in [1.165, 1.54) is 25.1 Å². The van der Waals surface area contributed by atoms with Gasteiger partial charge in [0, 0.05) is 0 Å². The maximum atomic E-state index is 10.9. The van der Waals surface area contributed by atoms with Gasteiger partial charge in [-0.1, -0.05) is 11.8 Å². The molecule has 0 aliphatic heterocycles. The Bertz CT molecular complexity index is 668. The lowest BCUT2D eigenvalue weighted by atomic mass is 10.1. The summed E-state index contributed by atoms with van der Waals surface area (Å²) in [6, 6.07) is 3.88. The fraction of sp³-hybridized carbons (Fsp3) is 0.167. The molecule has 0 unspecified atom stereocenters. The van der Waals surface area contributed by atoms with Crippen molar-refractivity contribution < 1.29 is 19.8 Å². The summed E-state index contributed by atoms with van der Waals surface area (Å²) in [5.41, 5.74) is 0.277. The minimum absolute atomic E-state index is 0.00271. The van der Waals surface area contributed by atoms with E-state index in [-0.39, 0.29) is 34.2 Å². The molecule has 0 saturated heterocycles. The quantitative estimate of drug-likeness (QED) is 0.716. The second-order valence-corrected chi connectivity index (χ2v) is 4.94. The number of hydrogen-bond donors (Lipinski definition) is 3. The molecule has 0 amide bonds. The largest absolute Gasteiger partial charge is 0.507 e. The van der Waals surface area contributed by atoms with E-state index in [4.69, 9.17) is 5.11 Å². The highest BCUT2D eigenvalue weighted by Crippen LogP contribution is 2.28. The monoisotopic (exact) mass is 293 g/mol. The van der Waals surface area contributed by atoms with Crippen LogP contribution in [-0.2, 0) is 4.79 Å². The van der Waals surface area contributed by atoms with E-state index >= 15 is 0 Å². The number of H-pyrrole nitrogens is 1. The third-order valence-corrected chi connectivity index (χ3v) is 3.36. The molecule has 104 valence electrons. The number of Topliss-reactive ketones (excluding diaryl/α,β-unsaturated/α-hetero) is 1. The summed E-state index contributed by atoms with van der Waals surface area (Å²) in [5.74, 6) is -0.710. The first kappa shape index (κ1) is 14.1. The zero-order valence-electron chi connectivity index (χ0n) is 10.5. The van der Waals surface area contributed by atoms with Crippen molar-refractivity contribution in [2.75, 3.05) is 5.75 Å². The Morgan fingerprint density at radius 2 is 2.15 bits per heavy atom. The number of phenolic OH excluding ortho intramolecular Hbond substituents is 1. The highest BCUT2D eigenvalue weighted by atomic mass is 32.2. The molecule has 1 aromatic carbocycles. The number of nitrogens with one attached hydrogen (secondary N) is 1. The van der Waals surface area contributed by atoms with Gasteiger partial charge in [0.2, 0.25) is 5.16 Å². The molecule has 0 aliphatic rings. The first-order valence-electron chi connectivity index (χ1n) is 5.58. The fourth-order valence-corrected chi connectivity index (χ4v) is 2.05. The number of ketones is 1. The van der Waals surface area contributed by atoms with Crippen molar-refractivity contribution in [3.63, 3.8) is 0 Å². The van der Waals surface area contributed by atoms with Crippen molar-refractivity contribution in [1.29, 1.82) is 0 Å². The van der Waals surface area contributed by atoms with Gasteiger partial charge in [-0.3, -0.25) is 9.89 Å². The molecule has 1 aromatic heterocycles. The molecular weight excluding hydrogens is 282 g/mol. The molecule has 7 nitrogen and oxygen atoms in total. The van der Waals surface area contributed by atoms with Crippen molar-refractivity contribution >= 4 is 23.5 Å². The van der Waals surface area contributed by atoms with Gasteiger partial charge in [-0.05, 0) is 25.1 Å². The topological polar surface area (TPSA) is 116 Å². The highest BCUT2D eigenvalue weighted by molar-refractivity contribution is 7.99. The number of phenols is 1. The van der Waals surface area contributed by atoms with Gasteiger partial charge in [-0.25, -0.2) is 9.78 Å². The Balaban J connectivity index is 2.29. The van der Waals surface area contributed by atoms with Crippen LogP contribution in [0.5, 0.6) is 5.75 Å². The lowest BCUT2D eigenvalue weighted by molar-refractivity contribution is -0.114. The zero-order valence-corrected chi connectivity index (χ0v) is 11.3. The van der Waals surface area contributed by atoms with E-state index in [2.05, 4.69) is 15.2 Å². The maximum Gasteiger partial charge on any atom is 0.335 e. The van der Waals surface area contributed by atoms with Gasteiger partial charge in [0.1, 0.15) is 11.5 Å². The van der Waals surface area contributed by atoms with Gasteiger partial charge >= 0.3 is 5.97 Å². The van der Waals surface area contributed by atoms with E-state index in [1.54, 1.807) is 0 Å². The van der Waals surface area contributed by atoms with Crippen molar-refractivity contribution in [3.8, 4) is 17.1 Å². The average molecular weight is 293 g/mol. The second-order valence-electron chi connectivity index (χ2n) is 3.99. The van der Waals surface area contributed by atoms with E-state index in [0.29, 0.717) is 5.16 Å². The number of carboxylic acid groups (broad SMARTS) is 1. The van der Waals surface area contributed by atoms with E-state index < -0.39 is 5.97 Å². The molecule has 0 fully saturated rings. The average Bonchev–Trinajstić information content (AvgIpc) is 2.85. The van der Waals surface area contributed by atoms with Gasteiger partial charge in [0.05, 0.1) is 16.9 Å². The highest BCUT2D eigenvalue weighted by Gasteiger charge is 2.13. The number of carboxylic acids is 1. The third-order valence-electron chi connectivity index (χ3n) is 2.37. The molecule has 0 bridgehead atoms. The number of carbonyl (C=O) groups excluding carboxylic acids is 1. The predicted molar refractivity (Wildman–Crippen MR) is 71.8 cm³/mol. The Kier molecular flexibility index (Phi) is 4.04. The predicted octanol–water partition coefficient (Wildman–Crippen LogP) is 1.56. The molecule has 0 saturated carbocycles. The summed E-state index contributed by atoms with van der Waals surface area (Å²) in [5, 5.41) is 25.5. The number of aromatic carboxylic acids is 1. The van der Waals surface area contributed by atoms with Crippen LogP contribution in [0.2, 0.25) is 0 Å². The number of thioether (sulfide) groups is 1. The lowest BCUT2D eigenvalue weighted by Crippen LogP contribution is -1.96. The summed E-state index contributed by atoms with van der Waals surface area (Å²) in [7, 11) is 0. The van der Waals surface area contributed by atoms with Crippen molar-refractivity contribution in [2.24, 2.45) is 0 Å². The van der Waals surface area contributed by atoms with Crippen LogP contribution in [0, 0.1) is 0 Å². The number of benzene rings is 1. The van der Waals surface area contributed by atoms with E-state index in [0.717, 1.165) is 11.8 Å². The molecule has 0 spiro atoms. The molecule has 2 aromatic rings. The molecule has 0 aliphatic carbocycles. The minimum Gasteiger partial charge on any atom is -0.507 e. The van der Waals surface area contributed by atoms with Crippen LogP contribution in [0.15, 0.2) is 23.4 Å². The van der Waals surface area contributed by atoms with Crippen LogP contribution in [0.4, 0.5) is 0 Å². The summed E-state index contributed by atoms with van der Waals surface area (Å²) in [6.45, 7) is 1.46. The van der Waals surface area contributed by atoms with E-state index in [1.807, 2.05) is 0 Å². The van der Waals surface area contributed by atoms with Gasteiger partial charge < -0.3 is 10.2 Å². The molecule has 1 heterocycles. The van der Waals surface area contributed by atoms with Crippen molar-refractivity contribution in [1.82, 2.24) is 15.2 Å². The molecule has 0 atom stereocenters. The molecule has 0 radical (unpaired) electrons. The number of hydrogen-bond acceptors (Lipinski definition) is 6. The van der Waals surface area contributed by atoms with Crippen molar-refractivity contribution in [2.45, 2.75) is 12.1 Å². The summed E-state index contributed by atoms with van der Waals surface area (Å²) in [6.07, 6.45) is 0. The number of rotatable bonds is 5. The van der Waals surface area contributed by atoms with Crippen LogP contribution in [0.3, 0.4) is 0 Å². The van der Waals surface area contributed by atoms with Gasteiger partial charge in [-0.2, -0.15) is 0 Å². The number of aromatic hydroxyl groups is 1. The number of carbonyl (C=O) groups is 2. The lowest BCUT2D eigenvalue weighted by Gasteiger charge is -2.02. The maximum absolute atomic E-state index is 10.9. The summed E-state index contributed by atoms with van der Waals surface area (Å²) in [4.78, 5) is 25.9. The number of aromatic nitrogens is 3. The molecule has 20 heavy (non-hydrogen) atoms. The number of nitrogens with zero attached hydrogens (tertiary/aromatic N) is 2. The first-order valence-corrected chi connectivity index (χ1v) is 6.57. The van der Waals surface area contributed by atoms with Crippen molar-refractivity contribution in [3.05, 3.63) is 23.8 Å². The Hall–Kier alpha value is -2.35. The van der Waals surface area contributed by atoms with Crippen LogP contribution < -0.4 is 0 Å². The standard InChI is InChI=1S/C12H11N3O4S/c1-6(16)5-20-12-13-10(14-15-12)8-4-7(11(18)19)2-3-9(8)17/h2-4,17H,5H2,1H3,(H,18,19)(H,13,14,15). The van der Waals surface area contributed by atoms with Crippen LogP contribution in [0.25, 0.3) is 11.4 Å². The van der Waals surface area contributed by atoms with E-state index in [9.17, 15) is 14.7 Å². The summed E-state index contributed by atoms with van der Waals surface area (Å²) >= 11 is 1.16. The Labute approximate surface area is 118 Å².